The number of rotatable bonds is 8. The van der Waals surface area contributed by atoms with Crippen LogP contribution in [0.15, 0.2) is 12.1 Å². The van der Waals surface area contributed by atoms with Gasteiger partial charge in [-0.3, -0.25) is 0 Å². The fraction of sp³-hybridized carbons (Fsp3) is 0.765. The average molecular weight is 292 g/mol. The van der Waals surface area contributed by atoms with Crippen LogP contribution in [0.1, 0.15) is 66.5 Å². The van der Waals surface area contributed by atoms with E-state index in [0.717, 1.165) is 24.6 Å². The van der Waals surface area contributed by atoms with E-state index >= 15 is 0 Å². The summed E-state index contributed by atoms with van der Waals surface area (Å²) in [6.45, 7) is 14.9. The molecule has 0 aliphatic rings. The quantitative estimate of drug-likeness (QED) is 0.741. The summed E-state index contributed by atoms with van der Waals surface area (Å²) >= 11 is 0. The van der Waals surface area contributed by atoms with Gasteiger partial charge >= 0.3 is 0 Å². The van der Waals surface area contributed by atoms with Crippen molar-refractivity contribution in [2.45, 2.75) is 78.9 Å². The van der Waals surface area contributed by atoms with Crippen LogP contribution in [0.5, 0.6) is 0 Å². The molecule has 0 saturated carbocycles. The third-order valence-electron chi connectivity index (χ3n) is 3.43. The largest absolute Gasteiger partial charge is 0.353 e. The van der Waals surface area contributed by atoms with Gasteiger partial charge in [0.1, 0.15) is 0 Å². The van der Waals surface area contributed by atoms with Gasteiger partial charge in [0.25, 0.3) is 0 Å². The summed E-state index contributed by atoms with van der Waals surface area (Å²) in [7, 11) is 0. The Balaban J connectivity index is 2.64. The van der Waals surface area contributed by atoms with E-state index in [-0.39, 0.29) is 5.54 Å². The molecule has 0 radical (unpaired) electrons. The highest BCUT2D eigenvalue weighted by Crippen LogP contribution is 2.15. The molecule has 1 rings (SSSR count). The first-order chi connectivity index (χ1) is 9.83. The van der Waals surface area contributed by atoms with Gasteiger partial charge in [0.2, 0.25) is 0 Å². The Kier molecular flexibility index (Phi) is 7.09. The zero-order valence-corrected chi connectivity index (χ0v) is 14.6. The van der Waals surface area contributed by atoms with Crippen LogP contribution < -0.4 is 10.2 Å². The molecule has 21 heavy (non-hydrogen) atoms. The van der Waals surface area contributed by atoms with Crippen LogP contribution in [-0.4, -0.2) is 28.3 Å². The van der Waals surface area contributed by atoms with Gasteiger partial charge in [-0.1, -0.05) is 19.8 Å². The minimum Gasteiger partial charge on any atom is -0.353 e. The normalized spacial score (nSPS) is 12.0. The first-order valence-electron chi connectivity index (χ1n) is 8.17. The van der Waals surface area contributed by atoms with Crippen molar-refractivity contribution in [3.8, 4) is 0 Å². The molecular formula is C17H32N4. The third kappa shape index (κ3) is 6.89. The van der Waals surface area contributed by atoms with Gasteiger partial charge in [0.05, 0.1) is 5.69 Å². The van der Waals surface area contributed by atoms with Crippen LogP contribution in [0.4, 0.5) is 5.82 Å². The molecule has 0 aromatic carbocycles. The molecule has 0 fully saturated rings. The summed E-state index contributed by atoms with van der Waals surface area (Å²) in [4.78, 5) is 2.34. The Morgan fingerprint density at radius 2 is 1.86 bits per heavy atom. The van der Waals surface area contributed by atoms with Crippen molar-refractivity contribution in [1.82, 2.24) is 15.5 Å². The summed E-state index contributed by atoms with van der Waals surface area (Å²) in [6, 6.07) is 4.63. The van der Waals surface area contributed by atoms with Gasteiger partial charge < -0.3 is 10.2 Å². The van der Waals surface area contributed by atoms with E-state index in [4.69, 9.17) is 0 Å². The number of nitrogens with one attached hydrogen (secondary N) is 1. The number of unbranched alkanes of at least 4 members (excludes halogenated alkanes) is 2. The van der Waals surface area contributed by atoms with E-state index in [9.17, 15) is 0 Å². The summed E-state index contributed by atoms with van der Waals surface area (Å²) in [5.41, 5.74) is 1.09. The van der Waals surface area contributed by atoms with Crippen LogP contribution in [-0.2, 0) is 6.54 Å². The molecular weight excluding hydrogens is 260 g/mol. The molecule has 4 heteroatoms. The summed E-state index contributed by atoms with van der Waals surface area (Å²) in [5.74, 6) is 0.987. The molecule has 1 aromatic rings. The Morgan fingerprint density at radius 3 is 2.33 bits per heavy atom. The van der Waals surface area contributed by atoms with Crippen molar-refractivity contribution in [2.75, 3.05) is 11.4 Å². The maximum absolute atomic E-state index is 4.42. The summed E-state index contributed by atoms with van der Waals surface area (Å²) in [6.07, 6.45) is 3.73. The van der Waals surface area contributed by atoms with Crippen molar-refractivity contribution in [1.29, 1.82) is 0 Å². The minimum absolute atomic E-state index is 0.102. The van der Waals surface area contributed by atoms with E-state index in [1.807, 2.05) is 0 Å². The molecule has 1 heterocycles. The Morgan fingerprint density at radius 1 is 1.14 bits per heavy atom. The molecule has 0 aliphatic carbocycles. The minimum atomic E-state index is 0.102. The topological polar surface area (TPSA) is 41.0 Å². The molecule has 0 unspecified atom stereocenters. The number of aromatic nitrogens is 2. The Labute approximate surface area is 130 Å². The molecule has 0 bridgehead atoms. The maximum atomic E-state index is 4.42. The van der Waals surface area contributed by atoms with Crippen LogP contribution in [0.2, 0.25) is 0 Å². The van der Waals surface area contributed by atoms with Gasteiger partial charge in [0, 0.05) is 24.7 Å². The highest BCUT2D eigenvalue weighted by atomic mass is 15.3. The molecule has 4 nitrogen and oxygen atoms in total. The molecule has 0 atom stereocenters. The molecule has 120 valence electrons. The SMILES string of the molecule is CCCCCN(c1ccc(CNC(C)(C)C)nn1)C(C)C. The van der Waals surface area contributed by atoms with Crippen molar-refractivity contribution in [3.63, 3.8) is 0 Å². The standard InChI is InChI=1S/C17H32N4/c1-7-8-9-12-21(14(2)3)16-11-10-15(19-20-16)13-18-17(4,5)6/h10-11,14,18H,7-9,12-13H2,1-6H3. The van der Waals surface area contributed by atoms with Gasteiger partial charge in [-0.25, -0.2) is 0 Å². The van der Waals surface area contributed by atoms with Crippen molar-refractivity contribution in [2.24, 2.45) is 0 Å². The van der Waals surface area contributed by atoms with Gasteiger partial charge in [0.15, 0.2) is 5.82 Å². The molecule has 1 aromatic heterocycles. The van der Waals surface area contributed by atoms with Crippen LogP contribution in [0, 0.1) is 0 Å². The van der Waals surface area contributed by atoms with E-state index in [1.54, 1.807) is 0 Å². The number of anilines is 1. The predicted octanol–water partition coefficient (Wildman–Crippen LogP) is 3.77. The lowest BCUT2D eigenvalue weighted by Crippen LogP contribution is -2.35. The van der Waals surface area contributed by atoms with E-state index in [2.05, 4.69) is 74.1 Å². The molecule has 0 spiro atoms. The van der Waals surface area contributed by atoms with Crippen molar-refractivity contribution >= 4 is 5.82 Å². The van der Waals surface area contributed by atoms with Gasteiger partial charge in [-0.15, -0.1) is 5.10 Å². The fourth-order valence-electron chi connectivity index (χ4n) is 2.13. The number of nitrogens with zero attached hydrogens (tertiary/aromatic N) is 3. The molecule has 0 saturated heterocycles. The fourth-order valence-corrected chi connectivity index (χ4v) is 2.13. The smallest absolute Gasteiger partial charge is 0.151 e. The van der Waals surface area contributed by atoms with Gasteiger partial charge in [-0.2, -0.15) is 5.10 Å². The predicted molar refractivity (Wildman–Crippen MR) is 90.6 cm³/mol. The summed E-state index contributed by atoms with van der Waals surface area (Å²) in [5, 5.41) is 12.2. The number of hydrogen-bond donors (Lipinski definition) is 1. The van der Waals surface area contributed by atoms with E-state index in [1.165, 1.54) is 19.3 Å². The zero-order chi connectivity index (χ0) is 15.9. The molecule has 0 amide bonds. The first-order valence-corrected chi connectivity index (χ1v) is 8.17. The second kappa shape index (κ2) is 8.32. The highest BCUT2D eigenvalue weighted by molar-refractivity contribution is 5.38. The summed E-state index contributed by atoms with van der Waals surface area (Å²) < 4.78 is 0. The zero-order valence-electron chi connectivity index (χ0n) is 14.6. The van der Waals surface area contributed by atoms with E-state index in [0.29, 0.717) is 6.04 Å². The van der Waals surface area contributed by atoms with Crippen LogP contribution in [0.25, 0.3) is 0 Å². The third-order valence-corrected chi connectivity index (χ3v) is 3.43. The molecule has 1 N–H and O–H groups in total. The lowest BCUT2D eigenvalue weighted by molar-refractivity contribution is 0.420. The maximum Gasteiger partial charge on any atom is 0.151 e. The second-order valence-corrected chi connectivity index (χ2v) is 6.98. The second-order valence-electron chi connectivity index (χ2n) is 6.98. The lowest BCUT2D eigenvalue weighted by atomic mass is 10.1. The van der Waals surface area contributed by atoms with Crippen molar-refractivity contribution in [3.05, 3.63) is 17.8 Å². The van der Waals surface area contributed by atoms with Crippen molar-refractivity contribution < 1.29 is 0 Å². The first kappa shape index (κ1) is 17.9. The van der Waals surface area contributed by atoms with Crippen LogP contribution >= 0.6 is 0 Å². The highest BCUT2D eigenvalue weighted by Gasteiger charge is 2.13. The Hall–Kier alpha value is -1.16. The Bertz CT molecular complexity index is 392. The molecule has 0 aliphatic heterocycles. The number of hydrogen-bond acceptors (Lipinski definition) is 4. The monoisotopic (exact) mass is 292 g/mol. The van der Waals surface area contributed by atoms with Gasteiger partial charge in [-0.05, 0) is 53.2 Å². The van der Waals surface area contributed by atoms with Crippen LogP contribution in [0.3, 0.4) is 0 Å². The average Bonchev–Trinajstić information content (AvgIpc) is 2.41. The lowest BCUT2D eigenvalue weighted by Gasteiger charge is -2.27. The van der Waals surface area contributed by atoms with E-state index < -0.39 is 0 Å².